The number of carbonyl (C=O) groups is 1. The summed E-state index contributed by atoms with van der Waals surface area (Å²) in [7, 11) is 1.54. The largest absolute Gasteiger partial charge is 0.422 e. The third-order valence-corrected chi connectivity index (χ3v) is 4.34. The Morgan fingerprint density at radius 3 is 2.62 bits per heavy atom. The highest BCUT2D eigenvalue weighted by Gasteiger charge is 2.23. The Kier molecular flexibility index (Phi) is 4.53. The molecular weight excluding hydrogens is 336 g/mol. The molecule has 7 heteroatoms. The van der Waals surface area contributed by atoms with Gasteiger partial charge in [0.25, 0.3) is 11.6 Å². The van der Waals surface area contributed by atoms with Gasteiger partial charge in [0.1, 0.15) is 11.1 Å². The van der Waals surface area contributed by atoms with Gasteiger partial charge in [0.05, 0.1) is 11.0 Å². The van der Waals surface area contributed by atoms with Gasteiger partial charge in [0.15, 0.2) is 0 Å². The SMILES string of the molecule is C[C@H](c1cccc([N+](=O)[O-])c1)N(C)C(=O)c1cc2ccccc2oc1=O. The number of benzene rings is 2. The Morgan fingerprint density at radius 2 is 1.88 bits per heavy atom. The maximum absolute atomic E-state index is 12.8. The van der Waals surface area contributed by atoms with E-state index < -0.39 is 22.5 Å². The van der Waals surface area contributed by atoms with Gasteiger partial charge in [-0.05, 0) is 24.6 Å². The lowest BCUT2D eigenvalue weighted by Crippen LogP contribution is -2.32. The number of nitro benzene ring substituents is 1. The highest BCUT2D eigenvalue weighted by atomic mass is 16.6. The predicted molar refractivity (Wildman–Crippen MR) is 96.1 cm³/mol. The molecule has 1 atom stereocenters. The molecule has 0 aliphatic heterocycles. The smallest absolute Gasteiger partial charge is 0.349 e. The van der Waals surface area contributed by atoms with E-state index in [1.807, 2.05) is 0 Å². The molecule has 0 radical (unpaired) electrons. The van der Waals surface area contributed by atoms with Crippen molar-refractivity contribution in [3.63, 3.8) is 0 Å². The van der Waals surface area contributed by atoms with Crippen molar-refractivity contribution in [2.45, 2.75) is 13.0 Å². The first-order valence-electron chi connectivity index (χ1n) is 7.93. The summed E-state index contributed by atoms with van der Waals surface area (Å²) in [6.45, 7) is 1.74. The number of amides is 1. The van der Waals surface area contributed by atoms with Crippen LogP contribution < -0.4 is 5.63 Å². The average Bonchev–Trinajstić information content (AvgIpc) is 2.65. The molecule has 0 N–H and O–H groups in total. The summed E-state index contributed by atoms with van der Waals surface area (Å²) in [6.07, 6.45) is 0. The number of fused-ring (bicyclic) bond motifs is 1. The standard InChI is InChI=1S/C19H16N2O5/c1-12(13-7-5-8-15(10-13)21(24)25)20(2)18(22)16-11-14-6-3-4-9-17(14)26-19(16)23/h3-12H,1-2H3/t12-/m1/s1. The van der Waals surface area contributed by atoms with E-state index in [0.29, 0.717) is 16.5 Å². The Bertz CT molecular complexity index is 1060. The van der Waals surface area contributed by atoms with Crippen LogP contribution in [0.1, 0.15) is 28.9 Å². The van der Waals surface area contributed by atoms with Crippen LogP contribution in [0.2, 0.25) is 0 Å². The predicted octanol–water partition coefficient (Wildman–Crippen LogP) is 3.53. The number of non-ortho nitro benzene ring substituents is 1. The van der Waals surface area contributed by atoms with Crippen LogP contribution in [-0.4, -0.2) is 22.8 Å². The van der Waals surface area contributed by atoms with E-state index >= 15 is 0 Å². The first-order chi connectivity index (χ1) is 12.4. The fourth-order valence-corrected chi connectivity index (χ4v) is 2.70. The lowest BCUT2D eigenvalue weighted by molar-refractivity contribution is -0.384. The van der Waals surface area contributed by atoms with E-state index in [1.54, 1.807) is 50.4 Å². The number of hydrogen-bond acceptors (Lipinski definition) is 5. The molecule has 132 valence electrons. The number of carbonyl (C=O) groups excluding carboxylic acids is 1. The summed E-state index contributed by atoms with van der Waals surface area (Å²) in [5.74, 6) is -0.511. The molecule has 0 unspecified atom stereocenters. The molecule has 0 bridgehead atoms. The molecule has 0 saturated carbocycles. The molecule has 1 aromatic heterocycles. The molecule has 26 heavy (non-hydrogen) atoms. The van der Waals surface area contributed by atoms with E-state index in [2.05, 4.69) is 0 Å². The van der Waals surface area contributed by atoms with Gasteiger partial charge in [-0.15, -0.1) is 0 Å². The van der Waals surface area contributed by atoms with Crippen molar-refractivity contribution >= 4 is 22.6 Å². The van der Waals surface area contributed by atoms with Gasteiger partial charge in [0, 0.05) is 24.6 Å². The summed E-state index contributed by atoms with van der Waals surface area (Å²) in [5, 5.41) is 11.6. The summed E-state index contributed by atoms with van der Waals surface area (Å²) in [5.41, 5.74) is 0.152. The molecule has 1 heterocycles. The van der Waals surface area contributed by atoms with E-state index in [4.69, 9.17) is 4.42 Å². The maximum Gasteiger partial charge on any atom is 0.349 e. The minimum Gasteiger partial charge on any atom is -0.422 e. The highest BCUT2D eigenvalue weighted by molar-refractivity contribution is 5.96. The maximum atomic E-state index is 12.8. The van der Waals surface area contributed by atoms with Crippen molar-refractivity contribution < 1.29 is 14.1 Å². The summed E-state index contributed by atoms with van der Waals surface area (Å²) < 4.78 is 5.21. The minimum atomic E-state index is -0.716. The second kappa shape index (κ2) is 6.79. The van der Waals surface area contributed by atoms with Gasteiger partial charge in [-0.1, -0.05) is 30.3 Å². The van der Waals surface area contributed by atoms with Crippen molar-refractivity contribution in [2.24, 2.45) is 0 Å². The summed E-state index contributed by atoms with van der Waals surface area (Å²) in [4.78, 5) is 36.8. The minimum absolute atomic E-state index is 0.0552. The monoisotopic (exact) mass is 352 g/mol. The van der Waals surface area contributed by atoms with Crippen LogP contribution in [0.25, 0.3) is 11.0 Å². The van der Waals surface area contributed by atoms with Gasteiger partial charge in [-0.25, -0.2) is 4.79 Å². The molecule has 3 aromatic rings. The molecule has 0 spiro atoms. The van der Waals surface area contributed by atoms with Crippen LogP contribution in [0.5, 0.6) is 0 Å². The Balaban J connectivity index is 1.94. The molecule has 3 rings (SSSR count). The molecule has 0 fully saturated rings. The average molecular weight is 352 g/mol. The fraction of sp³-hybridized carbons (Fsp3) is 0.158. The van der Waals surface area contributed by atoms with Crippen LogP contribution in [0, 0.1) is 10.1 Å². The van der Waals surface area contributed by atoms with Crippen molar-refractivity contribution in [3.05, 3.63) is 86.3 Å². The van der Waals surface area contributed by atoms with Crippen LogP contribution in [0.4, 0.5) is 5.69 Å². The number of nitro groups is 1. The Morgan fingerprint density at radius 1 is 1.15 bits per heavy atom. The number of nitrogens with zero attached hydrogens (tertiary/aromatic N) is 2. The second-order valence-electron chi connectivity index (χ2n) is 5.93. The molecular formula is C19H16N2O5. The highest BCUT2D eigenvalue weighted by Crippen LogP contribution is 2.24. The van der Waals surface area contributed by atoms with Crippen molar-refractivity contribution in [2.75, 3.05) is 7.05 Å². The van der Waals surface area contributed by atoms with Crippen molar-refractivity contribution in [1.82, 2.24) is 4.90 Å². The topological polar surface area (TPSA) is 93.7 Å². The summed E-state index contributed by atoms with van der Waals surface area (Å²) in [6, 6.07) is 14.0. The first kappa shape index (κ1) is 17.3. The lowest BCUT2D eigenvalue weighted by atomic mass is 10.1. The van der Waals surface area contributed by atoms with Crippen LogP contribution in [0.3, 0.4) is 0 Å². The zero-order valence-corrected chi connectivity index (χ0v) is 14.2. The van der Waals surface area contributed by atoms with Gasteiger partial charge in [0.2, 0.25) is 0 Å². The van der Waals surface area contributed by atoms with Crippen LogP contribution in [0.15, 0.2) is 63.8 Å². The molecule has 2 aromatic carbocycles. The van der Waals surface area contributed by atoms with Gasteiger partial charge in [-0.3, -0.25) is 14.9 Å². The van der Waals surface area contributed by atoms with Crippen molar-refractivity contribution in [3.8, 4) is 0 Å². The van der Waals surface area contributed by atoms with Crippen molar-refractivity contribution in [1.29, 1.82) is 0 Å². The number of rotatable bonds is 4. The van der Waals surface area contributed by atoms with E-state index in [-0.39, 0.29) is 11.3 Å². The van der Waals surface area contributed by atoms with Gasteiger partial charge >= 0.3 is 5.63 Å². The normalized spacial score (nSPS) is 11.9. The quantitative estimate of drug-likeness (QED) is 0.407. The molecule has 1 amide bonds. The first-order valence-corrected chi connectivity index (χ1v) is 7.93. The summed E-state index contributed by atoms with van der Waals surface area (Å²) >= 11 is 0. The Hall–Kier alpha value is -3.48. The molecule has 0 aliphatic carbocycles. The third-order valence-electron chi connectivity index (χ3n) is 4.34. The van der Waals surface area contributed by atoms with E-state index in [9.17, 15) is 19.7 Å². The molecule has 0 saturated heterocycles. The fourth-order valence-electron chi connectivity index (χ4n) is 2.70. The van der Waals surface area contributed by atoms with Gasteiger partial charge < -0.3 is 9.32 Å². The van der Waals surface area contributed by atoms with Crippen LogP contribution >= 0.6 is 0 Å². The van der Waals surface area contributed by atoms with E-state index in [1.165, 1.54) is 23.1 Å². The molecule has 7 nitrogen and oxygen atoms in total. The number of hydrogen-bond donors (Lipinski definition) is 0. The molecule has 0 aliphatic rings. The van der Waals surface area contributed by atoms with Gasteiger partial charge in [-0.2, -0.15) is 0 Å². The second-order valence-corrected chi connectivity index (χ2v) is 5.93. The third kappa shape index (κ3) is 3.19. The van der Waals surface area contributed by atoms with E-state index in [0.717, 1.165) is 0 Å². The number of para-hydroxylation sites is 1. The zero-order valence-electron chi connectivity index (χ0n) is 14.2. The van der Waals surface area contributed by atoms with Crippen LogP contribution in [-0.2, 0) is 0 Å². The lowest BCUT2D eigenvalue weighted by Gasteiger charge is -2.25. The Labute approximate surface area is 148 Å². The zero-order chi connectivity index (χ0) is 18.8.